The molecule has 0 amide bonds. The molecule has 1 aromatic carbocycles. The van der Waals surface area contributed by atoms with Gasteiger partial charge in [-0.25, -0.2) is 4.68 Å². The van der Waals surface area contributed by atoms with Gasteiger partial charge in [0.2, 0.25) is 0 Å². The molecule has 17 heavy (non-hydrogen) atoms. The van der Waals surface area contributed by atoms with Crippen molar-refractivity contribution in [2.45, 2.75) is 32.4 Å². The maximum Gasteiger partial charge on any atom is 0.277 e. The van der Waals surface area contributed by atoms with Gasteiger partial charge in [-0.2, -0.15) is 0 Å². The summed E-state index contributed by atoms with van der Waals surface area (Å²) in [6.45, 7) is 2.18. The van der Waals surface area contributed by atoms with E-state index in [0.29, 0.717) is 17.3 Å². The van der Waals surface area contributed by atoms with Crippen LogP contribution in [0.1, 0.15) is 19.8 Å². The highest BCUT2D eigenvalue weighted by atomic mass is 16.3. The number of benzene rings is 1. The third kappa shape index (κ3) is 2.50. The fourth-order valence-electron chi connectivity index (χ4n) is 1.77. The van der Waals surface area contributed by atoms with Crippen LogP contribution in [0.3, 0.4) is 0 Å². The van der Waals surface area contributed by atoms with Crippen molar-refractivity contribution in [2.75, 3.05) is 0 Å². The van der Waals surface area contributed by atoms with Crippen molar-refractivity contribution < 1.29 is 5.11 Å². The molecule has 5 heteroatoms. The Morgan fingerprint density at radius 1 is 1.41 bits per heavy atom. The van der Waals surface area contributed by atoms with Gasteiger partial charge in [-0.3, -0.25) is 4.79 Å². The molecule has 0 aliphatic rings. The zero-order chi connectivity index (χ0) is 12.3. The lowest BCUT2D eigenvalue weighted by molar-refractivity contribution is 0.136. The molecule has 2 aromatic rings. The highest BCUT2D eigenvalue weighted by molar-refractivity contribution is 5.76. The summed E-state index contributed by atoms with van der Waals surface area (Å²) in [4.78, 5) is 12.0. The first kappa shape index (κ1) is 11.7. The number of hydrogen-bond acceptors (Lipinski definition) is 4. The molecular formula is C12H15N3O2. The van der Waals surface area contributed by atoms with Gasteiger partial charge in [-0.05, 0) is 18.6 Å². The van der Waals surface area contributed by atoms with Crippen molar-refractivity contribution in [3.05, 3.63) is 34.6 Å². The predicted molar refractivity (Wildman–Crippen MR) is 64.7 cm³/mol. The zero-order valence-corrected chi connectivity index (χ0v) is 9.71. The van der Waals surface area contributed by atoms with E-state index >= 15 is 0 Å². The van der Waals surface area contributed by atoms with E-state index in [1.807, 2.05) is 13.0 Å². The van der Waals surface area contributed by atoms with Crippen LogP contribution in [-0.2, 0) is 6.54 Å². The van der Waals surface area contributed by atoms with Gasteiger partial charge in [0.05, 0.1) is 18.0 Å². The Morgan fingerprint density at radius 2 is 2.18 bits per heavy atom. The quantitative estimate of drug-likeness (QED) is 0.853. The number of aliphatic hydroxyl groups excluding tert-OH is 1. The van der Waals surface area contributed by atoms with Gasteiger partial charge >= 0.3 is 0 Å². The van der Waals surface area contributed by atoms with Crippen LogP contribution in [-0.4, -0.2) is 26.2 Å². The summed E-state index contributed by atoms with van der Waals surface area (Å²) >= 11 is 0. The Hall–Kier alpha value is -1.75. The lowest BCUT2D eigenvalue weighted by Gasteiger charge is -2.09. The van der Waals surface area contributed by atoms with E-state index in [2.05, 4.69) is 10.3 Å². The van der Waals surface area contributed by atoms with Gasteiger partial charge in [0, 0.05) is 0 Å². The maximum absolute atomic E-state index is 12.0. The molecule has 1 atom stereocenters. The van der Waals surface area contributed by atoms with E-state index in [0.717, 1.165) is 6.42 Å². The number of hydrogen-bond donors (Lipinski definition) is 1. The summed E-state index contributed by atoms with van der Waals surface area (Å²) in [5, 5.41) is 18.0. The molecule has 1 aromatic heterocycles. The summed E-state index contributed by atoms with van der Waals surface area (Å²) in [6.07, 6.45) is 0.978. The molecule has 0 saturated carbocycles. The fourth-order valence-corrected chi connectivity index (χ4v) is 1.77. The third-order valence-corrected chi connectivity index (χ3v) is 2.63. The summed E-state index contributed by atoms with van der Waals surface area (Å²) < 4.78 is 1.22. The van der Waals surface area contributed by atoms with Crippen LogP contribution in [0.4, 0.5) is 0 Å². The summed E-state index contributed by atoms with van der Waals surface area (Å²) in [5.41, 5.74) is 0.379. The van der Waals surface area contributed by atoms with Gasteiger partial charge < -0.3 is 5.11 Å². The molecule has 0 bridgehead atoms. The number of rotatable bonds is 4. The van der Waals surface area contributed by atoms with E-state index in [1.54, 1.807) is 18.2 Å². The summed E-state index contributed by atoms with van der Waals surface area (Å²) in [6, 6.07) is 7.07. The summed E-state index contributed by atoms with van der Waals surface area (Å²) in [7, 11) is 0. The van der Waals surface area contributed by atoms with Crippen molar-refractivity contribution >= 4 is 10.9 Å². The van der Waals surface area contributed by atoms with Crippen molar-refractivity contribution in [1.29, 1.82) is 0 Å². The normalized spacial score (nSPS) is 12.8. The highest BCUT2D eigenvalue weighted by Gasteiger charge is 2.09. The molecule has 90 valence electrons. The minimum absolute atomic E-state index is 0.199. The Labute approximate surface area is 98.7 Å². The van der Waals surface area contributed by atoms with Crippen molar-refractivity contribution in [2.24, 2.45) is 0 Å². The van der Waals surface area contributed by atoms with Gasteiger partial charge in [0.25, 0.3) is 5.56 Å². The van der Waals surface area contributed by atoms with E-state index in [-0.39, 0.29) is 12.1 Å². The van der Waals surface area contributed by atoms with Gasteiger partial charge in [-0.1, -0.05) is 30.7 Å². The molecule has 0 aliphatic carbocycles. The number of aliphatic hydroxyl groups is 1. The predicted octanol–water partition coefficient (Wildman–Crippen LogP) is 0.952. The van der Waals surface area contributed by atoms with Gasteiger partial charge in [0.15, 0.2) is 0 Å². The van der Waals surface area contributed by atoms with E-state index in [1.165, 1.54) is 4.68 Å². The van der Waals surface area contributed by atoms with Crippen molar-refractivity contribution in [3.63, 3.8) is 0 Å². The average molecular weight is 233 g/mol. The fraction of sp³-hybridized carbons (Fsp3) is 0.417. The molecule has 0 saturated heterocycles. The first-order chi connectivity index (χ1) is 8.22. The summed E-state index contributed by atoms with van der Waals surface area (Å²) in [5.74, 6) is 0. The van der Waals surface area contributed by atoms with Gasteiger partial charge in [0.1, 0.15) is 5.52 Å². The Bertz CT molecular complexity index is 565. The van der Waals surface area contributed by atoms with E-state index in [9.17, 15) is 9.90 Å². The van der Waals surface area contributed by atoms with Crippen LogP contribution >= 0.6 is 0 Å². The van der Waals surface area contributed by atoms with E-state index < -0.39 is 6.10 Å². The van der Waals surface area contributed by atoms with Crippen molar-refractivity contribution in [1.82, 2.24) is 15.0 Å². The first-order valence-corrected chi connectivity index (χ1v) is 5.73. The Balaban J connectivity index is 2.36. The Morgan fingerprint density at radius 3 is 2.94 bits per heavy atom. The van der Waals surface area contributed by atoms with E-state index in [4.69, 9.17) is 0 Å². The second-order valence-electron chi connectivity index (χ2n) is 4.04. The molecular weight excluding hydrogens is 218 g/mol. The minimum atomic E-state index is -0.548. The third-order valence-electron chi connectivity index (χ3n) is 2.63. The first-order valence-electron chi connectivity index (χ1n) is 5.73. The van der Waals surface area contributed by atoms with Crippen LogP contribution in [0.15, 0.2) is 29.1 Å². The van der Waals surface area contributed by atoms with Gasteiger partial charge in [-0.15, -0.1) is 5.10 Å². The molecule has 2 rings (SSSR count). The lowest BCUT2D eigenvalue weighted by Crippen LogP contribution is -2.29. The topological polar surface area (TPSA) is 68.0 Å². The molecule has 0 fully saturated rings. The SMILES string of the molecule is CCCC(O)Cn1nnc2ccccc2c1=O. The van der Waals surface area contributed by atoms with Crippen LogP contribution in [0, 0.1) is 0 Å². The monoisotopic (exact) mass is 233 g/mol. The number of fused-ring (bicyclic) bond motifs is 1. The smallest absolute Gasteiger partial charge is 0.277 e. The standard InChI is InChI=1S/C12H15N3O2/c1-2-5-9(16)8-15-12(17)10-6-3-4-7-11(10)13-14-15/h3-4,6-7,9,16H,2,5,8H2,1H3. The highest BCUT2D eigenvalue weighted by Crippen LogP contribution is 2.04. The second-order valence-corrected chi connectivity index (χ2v) is 4.04. The molecule has 1 heterocycles. The molecule has 5 nitrogen and oxygen atoms in total. The molecule has 0 aliphatic heterocycles. The Kier molecular flexibility index (Phi) is 3.49. The van der Waals surface area contributed by atoms with Crippen LogP contribution in [0.5, 0.6) is 0 Å². The minimum Gasteiger partial charge on any atom is -0.391 e. The number of nitrogens with zero attached hydrogens (tertiary/aromatic N) is 3. The molecule has 0 spiro atoms. The maximum atomic E-state index is 12.0. The zero-order valence-electron chi connectivity index (χ0n) is 9.71. The number of aromatic nitrogens is 3. The molecule has 1 N–H and O–H groups in total. The van der Waals surface area contributed by atoms with Crippen molar-refractivity contribution in [3.8, 4) is 0 Å². The van der Waals surface area contributed by atoms with Crippen LogP contribution < -0.4 is 5.56 Å². The lowest BCUT2D eigenvalue weighted by atomic mass is 10.2. The van der Waals surface area contributed by atoms with Crippen LogP contribution in [0.25, 0.3) is 10.9 Å². The largest absolute Gasteiger partial charge is 0.391 e. The molecule has 0 radical (unpaired) electrons. The second kappa shape index (κ2) is 5.05. The average Bonchev–Trinajstić information content (AvgIpc) is 2.33. The van der Waals surface area contributed by atoms with Crippen LogP contribution in [0.2, 0.25) is 0 Å². The molecule has 1 unspecified atom stereocenters.